The Morgan fingerprint density at radius 1 is 1.37 bits per heavy atom. The zero-order chi connectivity index (χ0) is 18.6. The minimum Gasteiger partial charge on any atom is -0.466 e. The summed E-state index contributed by atoms with van der Waals surface area (Å²) in [6, 6.07) is 9.78. The van der Waals surface area contributed by atoms with Crippen molar-refractivity contribution >= 4 is 39.4 Å². The quantitative estimate of drug-likeness (QED) is 0.652. The van der Waals surface area contributed by atoms with Gasteiger partial charge in [0.05, 0.1) is 19.6 Å². The minimum atomic E-state index is -0.202. The van der Waals surface area contributed by atoms with Gasteiger partial charge in [-0.05, 0) is 19.1 Å². The maximum absolute atomic E-state index is 11.6. The normalized spacial score (nSPS) is 13.8. The van der Waals surface area contributed by atoms with Gasteiger partial charge in [-0.25, -0.2) is 0 Å². The number of fused-ring (bicyclic) bond motifs is 1. The summed E-state index contributed by atoms with van der Waals surface area (Å²) < 4.78 is 10.8. The van der Waals surface area contributed by atoms with Gasteiger partial charge in [0.25, 0.3) is 0 Å². The van der Waals surface area contributed by atoms with E-state index >= 15 is 0 Å². The maximum Gasteiger partial charge on any atom is 0.307 e. The number of anilines is 1. The van der Waals surface area contributed by atoms with Crippen LogP contribution in [0.25, 0.3) is 21.7 Å². The Balaban J connectivity index is 1.42. The first-order valence-corrected chi connectivity index (χ1v) is 9.59. The second-order valence-corrected chi connectivity index (χ2v) is 6.91. The summed E-state index contributed by atoms with van der Waals surface area (Å²) in [7, 11) is 0. The highest BCUT2D eigenvalue weighted by Crippen LogP contribution is 2.31. The molecule has 3 heterocycles. The van der Waals surface area contributed by atoms with Crippen molar-refractivity contribution in [2.24, 2.45) is 4.99 Å². The van der Waals surface area contributed by atoms with Gasteiger partial charge in [0.1, 0.15) is 5.58 Å². The van der Waals surface area contributed by atoms with Crippen LogP contribution in [0.1, 0.15) is 13.3 Å². The zero-order valence-electron chi connectivity index (χ0n) is 14.8. The van der Waals surface area contributed by atoms with Gasteiger partial charge in [0, 0.05) is 18.5 Å². The van der Waals surface area contributed by atoms with E-state index in [4.69, 9.17) is 9.15 Å². The van der Waals surface area contributed by atoms with E-state index in [0.717, 1.165) is 17.5 Å². The first kappa shape index (κ1) is 17.5. The molecule has 1 aromatic carbocycles. The Labute approximate surface area is 159 Å². The van der Waals surface area contributed by atoms with Crippen LogP contribution in [0.2, 0.25) is 0 Å². The average molecular weight is 385 g/mol. The molecule has 0 unspecified atom stereocenters. The van der Waals surface area contributed by atoms with Crippen molar-refractivity contribution in [1.29, 1.82) is 0 Å². The molecule has 0 radical (unpaired) electrons. The summed E-state index contributed by atoms with van der Waals surface area (Å²) in [6.45, 7) is 4.20. The number of carbonyl (C=O) groups is 1. The molecule has 0 fully saturated rings. The number of hydrogen-bond donors (Lipinski definition) is 1. The summed E-state index contributed by atoms with van der Waals surface area (Å²) in [5, 5.41) is 14.0. The smallest absolute Gasteiger partial charge is 0.307 e. The monoisotopic (exact) mass is 385 g/mol. The summed E-state index contributed by atoms with van der Waals surface area (Å²) in [4.78, 5) is 18.0. The van der Waals surface area contributed by atoms with E-state index in [1.807, 2.05) is 35.2 Å². The molecule has 1 aliphatic rings. The third kappa shape index (κ3) is 3.92. The zero-order valence-corrected chi connectivity index (χ0v) is 15.7. The molecule has 0 saturated heterocycles. The van der Waals surface area contributed by atoms with Gasteiger partial charge in [-0.3, -0.25) is 9.79 Å². The number of benzene rings is 1. The van der Waals surface area contributed by atoms with Gasteiger partial charge in [-0.1, -0.05) is 29.5 Å². The van der Waals surface area contributed by atoms with Crippen LogP contribution in [0.3, 0.4) is 0 Å². The van der Waals surface area contributed by atoms with Gasteiger partial charge < -0.3 is 19.4 Å². The summed E-state index contributed by atoms with van der Waals surface area (Å²) in [6.07, 6.45) is 0.328. The molecule has 0 amide bonds. The number of rotatable bonds is 6. The van der Waals surface area contributed by atoms with Crippen molar-refractivity contribution < 1.29 is 13.9 Å². The first-order chi connectivity index (χ1) is 13.2. The van der Waals surface area contributed by atoms with Crippen molar-refractivity contribution in [3.05, 3.63) is 30.3 Å². The number of aromatic nitrogens is 2. The number of hydrogen-bond acceptors (Lipinski definition) is 9. The largest absolute Gasteiger partial charge is 0.466 e. The third-order valence-electron chi connectivity index (χ3n) is 4.10. The number of furan rings is 1. The van der Waals surface area contributed by atoms with Crippen LogP contribution in [0.5, 0.6) is 0 Å². The number of carbonyl (C=O) groups excluding carboxylic acids is 1. The van der Waals surface area contributed by atoms with Crippen LogP contribution in [-0.4, -0.2) is 53.3 Å². The molecular weight excluding hydrogens is 366 g/mol. The fourth-order valence-electron chi connectivity index (χ4n) is 2.83. The summed E-state index contributed by atoms with van der Waals surface area (Å²) in [5.41, 5.74) is 0.822. The van der Waals surface area contributed by atoms with Crippen LogP contribution >= 0.6 is 11.3 Å². The Hall–Kier alpha value is -2.94. The second kappa shape index (κ2) is 7.75. The standard InChI is InChI=1S/C18H19N5O3S/c1-2-25-15(24)7-9-23-10-8-19-17(23)20-18-22-21-16(27-18)14-11-12-5-3-4-6-13(12)26-14/h3-6,11H,2,7-10H2,1H3,(H,19,20,22). The first-order valence-electron chi connectivity index (χ1n) is 8.77. The van der Waals surface area contributed by atoms with E-state index in [1.165, 1.54) is 11.3 Å². The number of nitrogens with zero attached hydrogens (tertiary/aromatic N) is 4. The average Bonchev–Trinajstić information content (AvgIpc) is 3.40. The predicted octanol–water partition coefficient (Wildman–Crippen LogP) is 2.99. The van der Waals surface area contributed by atoms with Crippen LogP contribution in [0, 0.1) is 0 Å². The molecule has 140 valence electrons. The molecule has 0 saturated carbocycles. The van der Waals surface area contributed by atoms with Gasteiger partial charge in [0.15, 0.2) is 16.7 Å². The predicted molar refractivity (Wildman–Crippen MR) is 104 cm³/mol. The Morgan fingerprint density at radius 3 is 3.11 bits per heavy atom. The third-order valence-corrected chi connectivity index (χ3v) is 4.96. The molecule has 9 heteroatoms. The lowest BCUT2D eigenvalue weighted by Crippen LogP contribution is -2.35. The SMILES string of the molecule is CCOC(=O)CCN1CCN=C1Nc1nnc(-c2cc3ccccc3o2)s1. The highest BCUT2D eigenvalue weighted by molar-refractivity contribution is 7.18. The number of guanidine groups is 1. The van der Waals surface area contributed by atoms with Crippen molar-refractivity contribution in [2.45, 2.75) is 13.3 Å². The van der Waals surface area contributed by atoms with E-state index in [-0.39, 0.29) is 5.97 Å². The number of nitrogens with one attached hydrogen (secondary N) is 1. The van der Waals surface area contributed by atoms with Gasteiger partial charge in [-0.15, -0.1) is 10.2 Å². The molecular formula is C18H19N5O3S. The van der Waals surface area contributed by atoms with Crippen LogP contribution < -0.4 is 5.32 Å². The molecule has 1 N–H and O–H groups in total. The summed E-state index contributed by atoms with van der Waals surface area (Å²) in [5.74, 6) is 1.19. The number of para-hydroxylation sites is 1. The lowest BCUT2D eigenvalue weighted by Gasteiger charge is -2.19. The highest BCUT2D eigenvalue weighted by Gasteiger charge is 2.20. The molecule has 2 aromatic heterocycles. The molecule has 1 aliphatic heterocycles. The fourth-order valence-corrected chi connectivity index (χ4v) is 3.52. The number of esters is 1. The van der Waals surface area contributed by atoms with Gasteiger partial charge in [-0.2, -0.15) is 0 Å². The highest BCUT2D eigenvalue weighted by atomic mass is 32.1. The molecule has 0 spiro atoms. The minimum absolute atomic E-state index is 0.202. The molecule has 8 nitrogen and oxygen atoms in total. The van der Waals surface area contributed by atoms with E-state index in [2.05, 4.69) is 20.5 Å². The summed E-state index contributed by atoms with van der Waals surface area (Å²) >= 11 is 1.40. The Kier molecular flexibility index (Phi) is 5.01. The molecule has 27 heavy (non-hydrogen) atoms. The van der Waals surface area contributed by atoms with Crippen LogP contribution in [-0.2, 0) is 9.53 Å². The van der Waals surface area contributed by atoms with Crippen molar-refractivity contribution in [1.82, 2.24) is 15.1 Å². The van der Waals surface area contributed by atoms with Gasteiger partial charge in [0.2, 0.25) is 5.13 Å². The Bertz CT molecular complexity index is 947. The fraction of sp³-hybridized carbons (Fsp3) is 0.333. The lowest BCUT2D eigenvalue weighted by molar-refractivity contribution is -0.143. The molecule has 4 rings (SSSR count). The second-order valence-electron chi connectivity index (χ2n) is 5.93. The van der Waals surface area contributed by atoms with Crippen molar-refractivity contribution in [3.8, 4) is 10.8 Å². The van der Waals surface area contributed by atoms with E-state index < -0.39 is 0 Å². The Morgan fingerprint density at radius 2 is 2.26 bits per heavy atom. The molecule has 0 bridgehead atoms. The maximum atomic E-state index is 11.6. The lowest BCUT2D eigenvalue weighted by atomic mass is 10.2. The molecule has 0 atom stereocenters. The van der Waals surface area contributed by atoms with Crippen molar-refractivity contribution in [3.63, 3.8) is 0 Å². The van der Waals surface area contributed by atoms with Crippen LogP contribution in [0.4, 0.5) is 5.13 Å². The van der Waals surface area contributed by atoms with E-state index in [0.29, 0.717) is 48.0 Å². The molecule has 0 aliphatic carbocycles. The van der Waals surface area contributed by atoms with E-state index in [9.17, 15) is 4.79 Å². The van der Waals surface area contributed by atoms with E-state index in [1.54, 1.807) is 6.92 Å². The van der Waals surface area contributed by atoms with Crippen molar-refractivity contribution in [2.75, 3.05) is 31.6 Å². The number of ether oxygens (including phenoxy) is 1. The topological polar surface area (TPSA) is 92.8 Å². The van der Waals surface area contributed by atoms with Gasteiger partial charge >= 0.3 is 5.97 Å². The van der Waals surface area contributed by atoms with Crippen LogP contribution in [0.15, 0.2) is 39.7 Å². The molecule has 3 aromatic rings. The number of aliphatic imine (C=N–C) groups is 1.